The summed E-state index contributed by atoms with van der Waals surface area (Å²) in [5.74, 6) is 2.08. The van der Waals surface area contributed by atoms with Crippen LogP contribution >= 0.6 is 11.8 Å². The Balaban J connectivity index is 2.01. The predicted molar refractivity (Wildman–Crippen MR) is 75.9 cm³/mol. The van der Waals surface area contributed by atoms with Crippen molar-refractivity contribution in [3.63, 3.8) is 0 Å². The maximum absolute atomic E-state index is 12.2. The number of ether oxygens (including phenoxy) is 1. The van der Waals surface area contributed by atoms with Crippen molar-refractivity contribution in [2.75, 3.05) is 18.6 Å². The van der Waals surface area contributed by atoms with Crippen molar-refractivity contribution in [3.8, 4) is 0 Å². The second-order valence-electron chi connectivity index (χ2n) is 5.52. The van der Waals surface area contributed by atoms with Gasteiger partial charge in [-0.1, -0.05) is 25.7 Å². The zero-order valence-electron chi connectivity index (χ0n) is 11.4. The highest BCUT2D eigenvalue weighted by Gasteiger charge is 2.42. The molecule has 2 aliphatic rings. The number of rotatable bonds is 3. The molecule has 104 valence electrons. The van der Waals surface area contributed by atoms with E-state index in [4.69, 9.17) is 4.74 Å². The molecule has 3 nitrogen and oxygen atoms in total. The summed E-state index contributed by atoms with van der Waals surface area (Å²) in [6.07, 6.45) is 9.55. The van der Waals surface area contributed by atoms with Crippen LogP contribution in [0.5, 0.6) is 0 Å². The molecule has 1 saturated carbocycles. The molecular formula is C14H25NO2S. The van der Waals surface area contributed by atoms with Gasteiger partial charge in [-0.2, -0.15) is 11.8 Å². The maximum Gasteiger partial charge on any atom is 0.326 e. The van der Waals surface area contributed by atoms with Crippen molar-refractivity contribution in [1.29, 1.82) is 0 Å². The second-order valence-corrected chi connectivity index (χ2v) is 6.74. The lowest BCUT2D eigenvalue weighted by Gasteiger charge is -2.38. The number of carbonyl (C=O) groups excluding carboxylic acids is 1. The van der Waals surface area contributed by atoms with Crippen LogP contribution in [0.4, 0.5) is 0 Å². The number of methoxy groups -OCH3 is 1. The van der Waals surface area contributed by atoms with E-state index in [1.54, 1.807) is 0 Å². The number of hydrogen-bond acceptors (Lipinski definition) is 4. The van der Waals surface area contributed by atoms with Crippen LogP contribution in [-0.4, -0.2) is 36.2 Å². The third-order valence-electron chi connectivity index (χ3n) is 4.26. The Hall–Kier alpha value is -0.220. The lowest BCUT2D eigenvalue weighted by Crippen LogP contribution is -2.58. The molecule has 2 rings (SSSR count). The summed E-state index contributed by atoms with van der Waals surface area (Å²) in [5.41, 5.74) is -0.394. The molecule has 0 amide bonds. The Morgan fingerprint density at radius 1 is 1.17 bits per heavy atom. The fourth-order valence-corrected chi connectivity index (χ4v) is 4.33. The van der Waals surface area contributed by atoms with Crippen molar-refractivity contribution in [2.45, 2.75) is 62.9 Å². The third-order valence-corrected chi connectivity index (χ3v) is 5.24. The molecule has 0 spiro atoms. The van der Waals surface area contributed by atoms with Gasteiger partial charge in [0.15, 0.2) is 0 Å². The van der Waals surface area contributed by atoms with E-state index in [1.807, 2.05) is 11.8 Å². The number of esters is 1. The van der Waals surface area contributed by atoms with E-state index in [0.717, 1.165) is 24.3 Å². The van der Waals surface area contributed by atoms with Crippen LogP contribution in [0, 0.1) is 0 Å². The zero-order chi connectivity index (χ0) is 12.8. The molecule has 0 unspecified atom stereocenters. The van der Waals surface area contributed by atoms with Gasteiger partial charge in [-0.15, -0.1) is 0 Å². The SMILES string of the molecule is COC(=O)C1(NC2CCCCCC2)CCSCC1. The first-order valence-electron chi connectivity index (χ1n) is 7.21. The summed E-state index contributed by atoms with van der Waals surface area (Å²) in [6.45, 7) is 0. The average Bonchev–Trinajstić information content (AvgIpc) is 2.67. The standard InChI is InChI=1S/C14H25NO2S/c1-17-13(16)14(8-10-18-11-9-14)15-12-6-4-2-3-5-7-12/h12,15H,2-11H2,1H3. The molecule has 0 radical (unpaired) electrons. The molecule has 1 N–H and O–H groups in total. The van der Waals surface area contributed by atoms with Gasteiger partial charge in [0.05, 0.1) is 7.11 Å². The van der Waals surface area contributed by atoms with Gasteiger partial charge in [-0.05, 0) is 37.2 Å². The van der Waals surface area contributed by atoms with E-state index < -0.39 is 5.54 Å². The normalized spacial score (nSPS) is 25.4. The number of thioether (sulfide) groups is 1. The first kappa shape index (κ1) is 14.2. The third kappa shape index (κ3) is 3.41. The van der Waals surface area contributed by atoms with Crippen molar-refractivity contribution >= 4 is 17.7 Å². The molecule has 1 heterocycles. The molecule has 2 fully saturated rings. The fourth-order valence-electron chi connectivity index (χ4n) is 3.14. The molecule has 1 saturated heterocycles. The van der Waals surface area contributed by atoms with Crippen LogP contribution < -0.4 is 5.32 Å². The van der Waals surface area contributed by atoms with E-state index in [9.17, 15) is 4.79 Å². The first-order chi connectivity index (χ1) is 8.77. The molecule has 1 aliphatic carbocycles. The van der Waals surface area contributed by atoms with Gasteiger partial charge in [0.2, 0.25) is 0 Å². The lowest BCUT2D eigenvalue weighted by molar-refractivity contribution is -0.149. The maximum atomic E-state index is 12.2. The highest BCUT2D eigenvalue weighted by atomic mass is 32.2. The van der Waals surface area contributed by atoms with E-state index in [2.05, 4.69) is 5.32 Å². The van der Waals surface area contributed by atoms with Gasteiger partial charge in [0.25, 0.3) is 0 Å². The van der Waals surface area contributed by atoms with Gasteiger partial charge in [-0.3, -0.25) is 10.1 Å². The van der Waals surface area contributed by atoms with E-state index in [-0.39, 0.29) is 5.97 Å². The molecule has 18 heavy (non-hydrogen) atoms. The summed E-state index contributed by atoms with van der Waals surface area (Å²) in [5, 5.41) is 3.67. The monoisotopic (exact) mass is 271 g/mol. The Morgan fingerprint density at radius 3 is 2.33 bits per heavy atom. The zero-order valence-corrected chi connectivity index (χ0v) is 12.2. The molecule has 0 aromatic carbocycles. The summed E-state index contributed by atoms with van der Waals surface area (Å²) in [4.78, 5) is 12.2. The Bertz CT molecular complexity index is 269. The lowest BCUT2D eigenvalue weighted by atomic mass is 9.90. The number of carbonyl (C=O) groups is 1. The fraction of sp³-hybridized carbons (Fsp3) is 0.929. The minimum atomic E-state index is -0.394. The number of hydrogen-bond donors (Lipinski definition) is 1. The number of nitrogens with one attached hydrogen (secondary N) is 1. The van der Waals surface area contributed by atoms with Crippen molar-refractivity contribution in [2.24, 2.45) is 0 Å². The minimum absolute atomic E-state index is 0.0490. The van der Waals surface area contributed by atoms with Crippen molar-refractivity contribution < 1.29 is 9.53 Å². The van der Waals surface area contributed by atoms with Crippen LogP contribution in [0.25, 0.3) is 0 Å². The molecule has 1 aliphatic heterocycles. The molecular weight excluding hydrogens is 246 g/mol. The summed E-state index contributed by atoms with van der Waals surface area (Å²) >= 11 is 1.94. The average molecular weight is 271 g/mol. The van der Waals surface area contributed by atoms with Gasteiger partial charge in [0, 0.05) is 6.04 Å². The smallest absolute Gasteiger partial charge is 0.326 e. The first-order valence-corrected chi connectivity index (χ1v) is 8.36. The highest BCUT2D eigenvalue weighted by molar-refractivity contribution is 7.99. The molecule has 0 atom stereocenters. The van der Waals surface area contributed by atoms with Crippen LogP contribution in [0.15, 0.2) is 0 Å². The van der Waals surface area contributed by atoms with Gasteiger partial charge in [-0.25, -0.2) is 0 Å². The Labute approximate surface area is 114 Å². The van der Waals surface area contributed by atoms with Crippen LogP contribution in [0.1, 0.15) is 51.4 Å². The highest BCUT2D eigenvalue weighted by Crippen LogP contribution is 2.30. The van der Waals surface area contributed by atoms with Crippen LogP contribution in [-0.2, 0) is 9.53 Å². The minimum Gasteiger partial charge on any atom is -0.468 e. The predicted octanol–water partition coefficient (Wildman–Crippen LogP) is 2.74. The van der Waals surface area contributed by atoms with Gasteiger partial charge < -0.3 is 4.74 Å². The van der Waals surface area contributed by atoms with Gasteiger partial charge in [0.1, 0.15) is 5.54 Å². The summed E-state index contributed by atoms with van der Waals surface area (Å²) in [7, 11) is 1.51. The topological polar surface area (TPSA) is 38.3 Å². The summed E-state index contributed by atoms with van der Waals surface area (Å²) in [6, 6.07) is 0.509. The Morgan fingerprint density at radius 2 is 1.78 bits per heavy atom. The van der Waals surface area contributed by atoms with E-state index in [0.29, 0.717) is 6.04 Å². The van der Waals surface area contributed by atoms with Crippen molar-refractivity contribution in [3.05, 3.63) is 0 Å². The van der Waals surface area contributed by atoms with Gasteiger partial charge >= 0.3 is 5.97 Å². The van der Waals surface area contributed by atoms with E-state index in [1.165, 1.54) is 45.6 Å². The van der Waals surface area contributed by atoms with Crippen LogP contribution in [0.2, 0.25) is 0 Å². The quantitative estimate of drug-likeness (QED) is 0.633. The largest absolute Gasteiger partial charge is 0.468 e. The second kappa shape index (κ2) is 6.80. The molecule has 0 bridgehead atoms. The van der Waals surface area contributed by atoms with E-state index >= 15 is 0 Å². The Kier molecular flexibility index (Phi) is 5.37. The van der Waals surface area contributed by atoms with Crippen LogP contribution in [0.3, 0.4) is 0 Å². The van der Waals surface area contributed by atoms with Crippen molar-refractivity contribution in [1.82, 2.24) is 5.32 Å². The molecule has 0 aromatic rings. The molecule has 0 aromatic heterocycles. The molecule has 4 heteroatoms. The summed E-state index contributed by atoms with van der Waals surface area (Å²) < 4.78 is 5.06.